The number of rotatable bonds is 13. The van der Waals surface area contributed by atoms with E-state index in [1.54, 1.807) is 18.9 Å². The molecule has 1 aromatic heterocycles. The monoisotopic (exact) mass is 317 g/mol. The Kier molecular flexibility index (Phi) is 10.4. The number of nitrogens with zero attached hydrogens (tertiary/aromatic N) is 4. The second-order valence-corrected chi connectivity index (χ2v) is 6.15. The van der Waals surface area contributed by atoms with E-state index in [1.807, 2.05) is 4.68 Å². The Morgan fingerprint density at radius 1 is 1.29 bits per heavy atom. The first kappa shape index (κ1) is 18.3. The minimum absolute atomic E-state index is 0.656. The van der Waals surface area contributed by atoms with E-state index in [0.29, 0.717) is 12.5 Å². The van der Waals surface area contributed by atoms with Gasteiger partial charge in [0.15, 0.2) is 0 Å². The second-order valence-electron chi connectivity index (χ2n) is 5.09. The van der Waals surface area contributed by atoms with Crippen LogP contribution in [0.3, 0.4) is 0 Å². The molecule has 1 rings (SSSR count). The molecule has 1 N–H and O–H groups in total. The van der Waals surface area contributed by atoms with Gasteiger partial charge in [0.25, 0.3) is 0 Å². The van der Waals surface area contributed by atoms with Crippen molar-refractivity contribution < 1.29 is 9.47 Å². The number of methoxy groups -OCH3 is 1. The van der Waals surface area contributed by atoms with Gasteiger partial charge in [-0.25, -0.2) is 4.68 Å². The van der Waals surface area contributed by atoms with Gasteiger partial charge in [0.2, 0.25) is 5.16 Å². The first-order valence-electron chi connectivity index (χ1n) is 7.40. The second kappa shape index (κ2) is 11.9. The minimum atomic E-state index is 0.656. The molecule has 0 saturated carbocycles. The van der Waals surface area contributed by atoms with Crippen LogP contribution in [0.4, 0.5) is 0 Å². The molecule has 122 valence electrons. The van der Waals surface area contributed by atoms with E-state index < -0.39 is 0 Å². The van der Waals surface area contributed by atoms with Gasteiger partial charge < -0.3 is 14.8 Å². The summed E-state index contributed by atoms with van der Waals surface area (Å²) in [5, 5.41) is 16.0. The lowest BCUT2D eigenvalue weighted by molar-refractivity contribution is 0.113. The highest BCUT2D eigenvalue weighted by molar-refractivity contribution is 7.99. The van der Waals surface area contributed by atoms with Crippen LogP contribution in [-0.4, -0.2) is 66.0 Å². The van der Waals surface area contributed by atoms with Gasteiger partial charge in [0.05, 0.1) is 13.2 Å². The molecule has 0 spiro atoms. The van der Waals surface area contributed by atoms with Crippen molar-refractivity contribution in [2.75, 3.05) is 45.8 Å². The Bertz CT molecular complexity index is 362. The predicted molar refractivity (Wildman–Crippen MR) is 83.6 cm³/mol. The number of hydrogen-bond donors (Lipinski definition) is 1. The van der Waals surface area contributed by atoms with Gasteiger partial charge in [-0.15, -0.1) is 5.10 Å². The fourth-order valence-corrected chi connectivity index (χ4v) is 2.37. The van der Waals surface area contributed by atoms with Crippen molar-refractivity contribution in [2.24, 2.45) is 5.92 Å². The Balaban J connectivity index is 2.10. The normalized spacial score (nSPS) is 11.4. The zero-order chi connectivity index (χ0) is 15.3. The van der Waals surface area contributed by atoms with Crippen LogP contribution in [0.15, 0.2) is 5.16 Å². The van der Waals surface area contributed by atoms with Gasteiger partial charge in [-0.05, 0) is 29.3 Å². The Labute approximate surface area is 131 Å². The predicted octanol–water partition coefficient (Wildman–Crippen LogP) is 1.06. The van der Waals surface area contributed by atoms with E-state index in [9.17, 15) is 0 Å². The lowest BCUT2D eigenvalue weighted by Crippen LogP contribution is -2.24. The van der Waals surface area contributed by atoms with Crippen LogP contribution >= 0.6 is 11.8 Å². The Morgan fingerprint density at radius 3 is 2.90 bits per heavy atom. The average Bonchev–Trinajstić information content (AvgIpc) is 2.90. The number of tetrazole rings is 1. The zero-order valence-electron chi connectivity index (χ0n) is 13.2. The molecule has 0 aromatic carbocycles. The first-order valence-corrected chi connectivity index (χ1v) is 8.39. The van der Waals surface area contributed by atoms with Crippen molar-refractivity contribution in [3.05, 3.63) is 0 Å². The Hall–Kier alpha value is -0.700. The third-order valence-electron chi connectivity index (χ3n) is 2.65. The number of thioether (sulfide) groups is 1. The van der Waals surface area contributed by atoms with Gasteiger partial charge >= 0.3 is 0 Å². The third kappa shape index (κ3) is 9.02. The maximum Gasteiger partial charge on any atom is 0.209 e. The smallest absolute Gasteiger partial charge is 0.209 e. The lowest BCUT2D eigenvalue weighted by atomic mass is 10.2. The molecule has 8 heteroatoms. The van der Waals surface area contributed by atoms with Crippen molar-refractivity contribution in [1.29, 1.82) is 0 Å². The standard InChI is InChI=1S/C13H27N5O2S/c1-12(2)11-14-5-6-18-13(15-16-17-18)21-10-9-20-8-4-7-19-3/h12,14H,4-11H2,1-3H3. The van der Waals surface area contributed by atoms with E-state index in [-0.39, 0.29) is 0 Å². The van der Waals surface area contributed by atoms with E-state index in [4.69, 9.17) is 9.47 Å². The van der Waals surface area contributed by atoms with Gasteiger partial charge in [-0.3, -0.25) is 0 Å². The number of ether oxygens (including phenoxy) is 2. The lowest BCUT2D eigenvalue weighted by Gasteiger charge is -2.08. The molecule has 0 saturated heterocycles. The van der Waals surface area contributed by atoms with Gasteiger partial charge in [-0.2, -0.15) is 0 Å². The molecule has 7 nitrogen and oxygen atoms in total. The quantitative estimate of drug-likeness (QED) is 0.431. The van der Waals surface area contributed by atoms with Crippen LogP contribution in [0.25, 0.3) is 0 Å². The van der Waals surface area contributed by atoms with E-state index in [2.05, 4.69) is 34.7 Å². The fourth-order valence-electron chi connectivity index (χ4n) is 1.62. The van der Waals surface area contributed by atoms with Gasteiger partial charge in [0.1, 0.15) is 0 Å². The summed E-state index contributed by atoms with van der Waals surface area (Å²) in [6.45, 7) is 9.25. The summed E-state index contributed by atoms with van der Waals surface area (Å²) in [5.74, 6) is 1.51. The highest BCUT2D eigenvalue weighted by Crippen LogP contribution is 2.12. The average molecular weight is 317 g/mol. The molecule has 0 amide bonds. The molecule has 0 aliphatic heterocycles. The number of nitrogens with one attached hydrogen (secondary N) is 1. The molecule has 0 unspecified atom stereocenters. The van der Waals surface area contributed by atoms with Crippen LogP contribution in [0.1, 0.15) is 20.3 Å². The van der Waals surface area contributed by atoms with Gasteiger partial charge in [-0.1, -0.05) is 25.6 Å². The van der Waals surface area contributed by atoms with Crippen LogP contribution in [0, 0.1) is 5.92 Å². The van der Waals surface area contributed by atoms with Crippen molar-refractivity contribution >= 4 is 11.8 Å². The molecule has 0 radical (unpaired) electrons. The summed E-state index contributed by atoms with van der Waals surface area (Å²) in [6.07, 6.45) is 0.931. The largest absolute Gasteiger partial charge is 0.385 e. The molecular weight excluding hydrogens is 290 g/mol. The molecule has 1 heterocycles. The summed E-state index contributed by atoms with van der Waals surface area (Å²) >= 11 is 1.62. The topological polar surface area (TPSA) is 74.1 Å². The van der Waals surface area contributed by atoms with E-state index >= 15 is 0 Å². The first-order chi connectivity index (χ1) is 10.2. The van der Waals surface area contributed by atoms with Crippen LogP contribution in [-0.2, 0) is 16.0 Å². The highest BCUT2D eigenvalue weighted by Gasteiger charge is 2.06. The Morgan fingerprint density at radius 2 is 2.14 bits per heavy atom. The summed E-state index contributed by atoms with van der Waals surface area (Å²) < 4.78 is 12.3. The number of hydrogen-bond acceptors (Lipinski definition) is 7. The highest BCUT2D eigenvalue weighted by atomic mass is 32.2. The van der Waals surface area contributed by atoms with Crippen molar-refractivity contribution in [3.8, 4) is 0 Å². The summed E-state index contributed by atoms with van der Waals surface area (Å²) in [7, 11) is 1.70. The van der Waals surface area contributed by atoms with E-state index in [1.165, 1.54) is 0 Å². The van der Waals surface area contributed by atoms with Crippen molar-refractivity contribution in [1.82, 2.24) is 25.5 Å². The SMILES string of the molecule is COCCCOCCSc1nnnn1CCNCC(C)C. The molecule has 0 fully saturated rings. The van der Waals surface area contributed by atoms with Crippen molar-refractivity contribution in [3.63, 3.8) is 0 Å². The van der Waals surface area contributed by atoms with Crippen molar-refractivity contribution in [2.45, 2.75) is 32.0 Å². The molecule has 1 aromatic rings. The molecule has 0 bridgehead atoms. The van der Waals surface area contributed by atoms with Gasteiger partial charge in [0, 0.05) is 32.6 Å². The minimum Gasteiger partial charge on any atom is -0.385 e. The third-order valence-corrected chi connectivity index (χ3v) is 3.57. The van der Waals surface area contributed by atoms with E-state index in [0.717, 1.165) is 50.2 Å². The van der Waals surface area contributed by atoms with Crippen LogP contribution in [0.5, 0.6) is 0 Å². The maximum atomic E-state index is 5.51. The molecule has 0 aliphatic rings. The summed E-state index contributed by atoms with van der Waals surface area (Å²) in [6, 6.07) is 0. The summed E-state index contributed by atoms with van der Waals surface area (Å²) in [5.41, 5.74) is 0. The maximum absolute atomic E-state index is 5.51. The molecular formula is C13H27N5O2S. The molecule has 0 aliphatic carbocycles. The number of aromatic nitrogens is 4. The molecule has 21 heavy (non-hydrogen) atoms. The van der Waals surface area contributed by atoms with Crippen LogP contribution in [0.2, 0.25) is 0 Å². The fraction of sp³-hybridized carbons (Fsp3) is 0.923. The molecule has 0 atom stereocenters. The summed E-state index contributed by atoms with van der Waals surface area (Å²) in [4.78, 5) is 0. The van der Waals surface area contributed by atoms with Crippen LogP contribution < -0.4 is 5.32 Å². The zero-order valence-corrected chi connectivity index (χ0v) is 14.1.